The maximum Gasteiger partial charge on any atom is 0.229 e. The quantitative estimate of drug-likeness (QED) is 0.438. The molecule has 0 bridgehead atoms. The van der Waals surface area contributed by atoms with E-state index in [0.29, 0.717) is 0 Å². The average Bonchev–Trinajstić information content (AvgIpc) is 3.42. The van der Waals surface area contributed by atoms with Gasteiger partial charge in [-0.2, -0.15) is 5.10 Å². The first-order chi connectivity index (χ1) is 15.2. The number of fused-ring (bicyclic) bond motifs is 4. The second-order valence-corrected chi connectivity index (χ2v) is 8.00. The Hall–Kier alpha value is -3.86. The van der Waals surface area contributed by atoms with E-state index in [4.69, 9.17) is 9.84 Å². The van der Waals surface area contributed by atoms with E-state index in [1.807, 2.05) is 71.7 Å². The van der Waals surface area contributed by atoms with Crippen LogP contribution in [-0.4, -0.2) is 21.2 Å². The van der Waals surface area contributed by atoms with Gasteiger partial charge >= 0.3 is 0 Å². The highest BCUT2D eigenvalue weighted by molar-refractivity contribution is 6.02. The van der Waals surface area contributed by atoms with Gasteiger partial charge in [0.1, 0.15) is 5.75 Å². The Kier molecular flexibility index (Phi) is 3.96. The zero-order valence-electron chi connectivity index (χ0n) is 17.1. The number of ether oxygens (including phenoxy) is 1. The first kappa shape index (κ1) is 18.0. The molecule has 0 N–H and O–H groups in total. The zero-order valence-corrected chi connectivity index (χ0v) is 17.1. The van der Waals surface area contributed by atoms with Gasteiger partial charge in [-0.1, -0.05) is 66.7 Å². The smallest absolute Gasteiger partial charge is 0.229 e. The van der Waals surface area contributed by atoms with E-state index in [9.17, 15) is 4.79 Å². The van der Waals surface area contributed by atoms with Gasteiger partial charge in [0.2, 0.25) is 12.1 Å². The Morgan fingerprint density at radius 2 is 1.71 bits per heavy atom. The predicted octanol–water partition coefficient (Wildman–Crippen LogP) is 5.54. The van der Waals surface area contributed by atoms with Gasteiger partial charge in [0.05, 0.1) is 23.0 Å². The summed E-state index contributed by atoms with van der Waals surface area (Å²) in [6.45, 7) is 1.59. The van der Waals surface area contributed by atoms with Crippen molar-refractivity contribution in [3.8, 4) is 5.75 Å². The van der Waals surface area contributed by atoms with Crippen molar-refractivity contribution < 1.29 is 9.53 Å². The maximum absolute atomic E-state index is 12.7. The van der Waals surface area contributed by atoms with Crippen LogP contribution in [0.2, 0.25) is 0 Å². The van der Waals surface area contributed by atoms with E-state index in [-0.39, 0.29) is 11.9 Å². The number of carbonyl (C=O) groups is 1. The number of hydrogen-bond acceptors (Lipinski definition) is 4. The van der Waals surface area contributed by atoms with Crippen LogP contribution < -0.4 is 4.74 Å². The maximum atomic E-state index is 12.7. The SMILES string of the molecule is CC(=O)n1c([C@@H]2Oc3ccccc3[C@@H]3CC(c4ccccc4)=NN32)cc2ccccc21. The summed E-state index contributed by atoms with van der Waals surface area (Å²) in [6, 6.07) is 28.4. The van der Waals surface area contributed by atoms with E-state index < -0.39 is 6.23 Å². The summed E-state index contributed by atoms with van der Waals surface area (Å²) in [4.78, 5) is 12.7. The molecule has 152 valence electrons. The van der Waals surface area contributed by atoms with Gasteiger partial charge in [-0.15, -0.1) is 0 Å². The lowest BCUT2D eigenvalue weighted by Gasteiger charge is -2.38. The average molecular weight is 407 g/mol. The summed E-state index contributed by atoms with van der Waals surface area (Å²) in [5.74, 6) is 0.806. The normalized spacial score (nSPS) is 19.5. The molecule has 3 heterocycles. The molecule has 0 aliphatic carbocycles. The van der Waals surface area contributed by atoms with Gasteiger partial charge in [0.15, 0.2) is 0 Å². The number of hydrazone groups is 1. The standard InChI is InChI=1S/C26H21N3O2/c1-17(30)28-22-13-7-5-11-19(22)15-24(28)26-29-23(20-12-6-8-14-25(20)31-26)16-21(27-29)18-9-3-2-4-10-18/h2-15,23,26H,16H2,1H3/t23-,26-/m0/s1. The summed E-state index contributed by atoms with van der Waals surface area (Å²) in [6.07, 6.45) is 0.304. The number of carbonyl (C=O) groups excluding carboxylic acids is 1. The number of hydrogen-bond donors (Lipinski definition) is 0. The highest BCUT2D eigenvalue weighted by Crippen LogP contribution is 2.48. The van der Waals surface area contributed by atoms with Crippen molar-refractivity contribution in [1.29, 1.82) is 0 Å². The molecule has 6 rings (SSSR count). The van der Waals surface area contributed by atoms with Crippen LogP contribution in [0.15, 0.2) is 90.0 Å². The van der Waals surface area contributed by atoms with Crippen molar-refractivity contribution in [2.45, 2.75) is 25.6 Å². The molecule has 0 amide bonds. The second-order valence-electron chi connectivity index (χ2n) is 8.00. The van der Waals surface area contributed by atoms with Gasteiger partial charge in [0, 0.05) is 24.3 Å². The third-order valence-corrected chi connectivity index (χ3v) is 6.11. The van der Waals surface area contributed by atoms with Crippen LogP contribution in [0, 0.1) is 0 Å². The molecular weight excluding hydrogens is 386 g/mol. The van der Waals surface area contributed by atoms with Crippen LogP contribution in [0.4, 0.5) is 0 Å². The largest absolute Gasteiger partial charge is 0.463 e. The first-order valence-electron chi connectivity index (χ1n) is 10.5. The molecule has 3 aromatic carbocycles. The van der Waals surface area contributed by atoms with Crippen LogP contribution in [0.3, 0.4) is 0 Å². The van der Waals surface area contributed by atoms with Gasteiger partial charge in [-0.3, -0.25) is 9.36 Å². The predicted molar refractivity (Wildman–Crippen MR) is 120 cm³/mol. The lowest BCUT2D eigenvalue weighted by atomic mass is 9.96. The van der Waals surface area contributed by atoms with E-state index in [0.717, 1.165) is 45.6 Å². The Morgan fingerprint density at radius 1 is 0.968 bits per heavy atom. The first-order valence-corrected chi connectivity index (χ1v) is 10.5. The van der Waals surface area contributed by atoms with Crippen LogP contribution in [-0.2, 0) is 0 Å². The summed E-state index contributed by atoms with van der Waals surface area (Å²) in [5, 5.41) is 8.05. The Bertz CT molecular complexity index is 1340. The van der Waals surface area contributed by atoms with Crippen molar-refractivity contribution in [2.24, 2.45) is 5.10 Å². The molecule has 0 unspecified atom stereocenters. The molecule has 0 saturated heterocycles. The third-order valence-electron chi connectivity index (χ3n) is 6.11. The van der Waals surface area contributed by atoms with Crippen molar-refractivity contribution in [2.75, 3.05) is 0 Å². The number of nitrogens with zero attached hydrogens (tertiary/aromatic N) is 3. The molecular formula is C26H21N3O2. The molecule has 2 aliphatic heterocycles. The Balaban J connectivity index is 1.54. The van der Waals surface area contributed by atoms with Crippen LogP contribution >= 0.6 is 0 Å². The van der Waals surface area contributed by atoms with Gasteiger partial charge in [-0.05, 0) is 23.8 Å². The number of aromatic nitrogens is 1. The number of rotatable bonds is 2. The van der Waals surface area contributed by atoms with Crippen molar-refractivity contribution >= 4 is 22.5 Å². The van der Waals surface area contributed by atoms with Gasteiger partial charge in [-0.25, -0.2) is 5.01 Å². The number of para-hydroxylation sites is 2. The Morgan fingerprint density at radius 3 is 2.55 bits per heavy atom. The fraction of sp³-hybridized carbons (Fsp3) is 0.154. The van der Waals surface area contributed by atoms with Crippen LogP contribution in [0.25, 0.3) is 10.9 Å². The minimum Gasteiger partial charge on any atom is -0.463 e. The van der Waals surface area contributed by atoms with Crippen molar-refractivity contribution in [1.82, 2.24) is 9.58 Å². The van der Waals surface area contributed by atoms with Crippen LogP contribution in [0.5, 0.6) is 5.75 Å². The monoisotopic (exact) mass is 407 g/mol. The van der Waals surface area contributed by atoms with Crippen molar-refractivity contribution in [3.63, 3.8) is 0 Å². The molecule has 5 heteroatoms. The lowest BCUT2D eigenvalue weighted by Crippen LogP contribution is -2.35. The van der Waals surface area contributed by atoms with Gasteiger partial charge in [0.25, 0.3) is 0 Å². The zero-order chi connectivity index (χ0) is 20.9. The topological polar surface area (TPSA) is 46.8 Å². The van der Waals surface area contributed by atoms with Gasteiger partial charge < -0.3 is 4.74 Å². The molecule has 2 aliphatic rings. The molecule has 1 aromatic heterocycles. The summed E-state index contributed by atoms with van der Waals surface area (Å²) in [7, 11) is 0. The van der Waals surface area contributed by atoms with Crippen molar-refractivity contribution in [3.05, 3.63) is 102 Å². The molecule has 0 radical (unpaired) electrons. The molecule has 4 aromatic rings. The van der Waals surface area contributed by atoms with E-state index >= 15 is 0 Å². The van der Waals surface area contributed by atoms with E-state index in [1.165, 1.54) is 0 Å². The summed E-state index contributed by atoms with van der Waals surface area (Å²) >= 11 is 0. The minimum absolute atomic E-state index is 0.0401. The molecule has 2 atom stereocenters. The lowest BCUT2D eigenvalue weighted by molar-refractivity contribution is -0.0232. The second kappa shape index (κ2) is 6.84. The highest BCUT2D eigenvalue weighted by atomic mass is 16.5. The molecule has 0 fully saturated rings. The highest BCUT2D eigenvalue weighted by Gasteiger charge is 2.42. The molecule has 5 nitrogen and oxygen atoms in total. The minimum atomic E-state index is -0.489. The molecule has 0 saturated carbocycles. The molecule has 31 heavy (non-hydrogen) atoms. The Labute approximate surface area is 180 Å². The summed E-state index contributed by atoms with van der Waals surface area (Å²) < 4.78 is 8.23. The fourth-order valence-electron chi connectivity index (χ4n) is 4.74. The summed E-state index contributed by atoms with van der Waals surface area (Å²) in [5.41, 5.74) is 4.95. The fourth-order valence-corrected chi connectivity index (χ4v) is 4.74. The number of benzene rings is 3. The van der Waals surface area contributed by atoms with E-state index in [1.54, 1.807) is 11.5 Å². The third kappa shape index (κ3) is 2.77. The molecule has 0 spiro atoms. The van der Waals surface area contributed by atoms with E-state index in [2.05, 4.69) is 18.2 Å². The van der Waals surface area contributed by atoms with Crippen LogP contribution in [0.1, 0.15) is 47.2 Å².